The van der Waals surface area contributed by atoms with Gasteiger partial charge < -0.3 is 0 Å². The van der Waals surface area contributed by atoms with Crippen LogP contribution in [0.25, 0.3) is 6.08 Å². The monoisotopic (exact) mass is 121 g/mol. The zero-order valence-electron chi connectivity index (χ0n) is 4.99. The van der Waals surface area contributed by atoms with Crippen LogP contribution in [0.15, 0.2) is 12.3 Å². The van der Waals surface area contributed by atoms with Crippen molar-refractivity contribution in [1.82, 2.24) is 15.0 Å². The summed E-state index contributed by atoms with van der Waals surface area (Å²) in [5.41, 5.74) is 1.11. The maximum absolute atomic E-state index is 3.87. The minimum absolute atomic E-state index is 0.978. The van der Waals surface area contributed by atoms with Crippen molar-refractivity contribution >= 4 is 6.08 Å². The Morgan fingerprint density at radius 1 is 1.56 bits per heavy atom. The fourth-order valence-electron chi connectivity index (χ4n) is 0.969. The average Bonchev–Trinajstić information content (AvgIpc) is 2.33. The molecule has 0 N–H and O–H groups in total. The first-order chi connectivity index (χ1) is 4.47. The normalized spacial score (nSPS) is 15.6. The van der Waals surface area contributed by atoms with Gasteiger partial charge in [-0.15, -0.1) is 5.10 Å². The lowest BCUT2D eigenvalue weighted by Crippen LogP contribution is -2.04. The van der Waals surface area contributed by atoms with Crippen LogP contribution >= 0.6 is 0 Å². The van der Waals surface area contributed by atoms with E-state index in [1.165, 1.54) is 0 Å². The second kappa shape index (κ2) is 1.69. The summed E-state index contributed by atoms with van der Waals surface area (Å²) >= 11 is 0. The van der Waals surface area contributed by atoms with E-state index < -0.39 is 0 Å². The summed E-state index contributed by atoms with van der Waals surface area (Å²) in [6, 6.07) is 0. The van der Waals surface area contributed by atoms with Gasteiger partial charge in [-0.1, -0.05) is 11.3 Å². The third kappa shape index (κ3) is 0.650. The fourth-order valence-corrected chi connectivity index (χ4v) is 0.969. The van der Waals surface area contributed by atoms with E-state index in [-0.39, 0.29) is 0 Å². The highest BCUT2D eigenvalue weighted by atomic mass is 15.4. The van der Waals surface area contributed by atoms with Crippen molar-refractivity contribution < 1.29 is 0 Å². The highest BCUT2D eigenvalue weighted by Gasteiger charge is 2.01. The molecule has 0 unspecified atom stereocenters. The van der Waals surface area contributed by atoms with Crippen molar-refractivity contribution in [3.05, 3.63) is 18.0 Å². The van der Waals surface area contributed by atoms with Crippen LogP contribution in [-0.4, -0.2) is 15.0 Å². The molecule has 9 heavy (non-hydrogen) atoms. The minimum atomic E-state index is 0.978. The van der Waals surface area contributed by atoms with Crippen molar-refractivity contribution in [3.63, 3.8) is 0 Å². The van der Waals surface area contributed by atoms with Gasteiger partial charge in [0.05, 0.1) is 11.9 Å². The Labute approximate surface area is 53.0 Å². The molecular weight excluding hydrogens is 114 g/mol. The van der Waals surface area contributed by atoms with Crippen LogP contribution in [0.3, 0.4) is 0 Å². The maximum Gasteiger partial charge on any atom is 0.0810 e. The molecule has 0 radical (unpaired) electrons. The topological polar surface area (TPSA) is 30.7 Å². The van der Waals surface area contributed by atoms with Crippen LogP contribution in [0.5, 0.6) is 0 Å². The summed E-state index contributed by atoms with van der Waals surface area (Å²) in [6.45, 7) is 0.978. The number of nitrogens with zero attached hydrogens (tertiary/aromatic N) is 3. The Hall–Kier alpha value is -1.12. The van der Waals surface area contributed by atoms with E-state index in [0.717, 1.165) is 18.7 Å². The fraction of sp³-hybridized carbons (Fsp3) is 0.333. The lowest BCUT2D eigenvalue weighted by atomic mass is 10.3. The lowest BCUT2D eigenvalue weighted by molar-refractivity contribution is 0.585. The highest BCUT2D eigenvalue weighted by molar-refractivity contribution is 5.44. The number of rotatable bonds is 0. The van der Waals surface area contributed by atoms with Crippen LogP contribution < -0.4 is 0 Å². The largest absolute Gasteiger partial charge is 0.245 e. The summed E-state index contributed by atoms with van der Waals surface area (Å²) in [6.07, 6.45) is 7.04. The van der Waals surface area contributed by atoms with E-state index >= 15 is 0 Å². The van der Waals surface area contributed by atoms with Crippen molar-refractivity contribution in [3.8, 4) is 0 Å². The molecule has 0 saturated carbocycles. The van der Waals surface area contributed by atoms with E-state index in [4.69, 9.17) is 0 Å². The number of allylic oxidation sites excluding steroid dienone is 1. The molecule has 0 bridgehead atoms. The SMILES string of the molecule is C1=Cc2cnnn2CC1. The minimum Gasteiger partial charge on any atom is -0.245 e. The van der Waals surface area contributed by atoms with E-state index in [0.29, 0.717) is 0 Å². The van der Waals surface area contributed by atoms with E-state index in [9.17, 15) is 0 Å². The highest BCUT2D eigenvalue weighted by Crippen LogP contribution is 2.06. The Kier molecular flexibility index (Phi) is 0.886. The molecule has 3 nitrogen and oxygen atoms in total. The molecule has 1 aromatic rings. The molecule has 2 heterocycles. The van der Waals surface area contributed by atoms with Gasteiger partial charge in [0, 0.05) is 6.54 Å². The maximum atomic E-state index is 3.87. The van der Waals surface area contributed by atoms with Crippen LogP contribution in [0.2, 0.25) is 0 Å². The molecule has 0 aliphatic carbocycles. The molecule has 0 saturated heterocycles. The van der Waals surface area contributed by atoms with Gasteiger partial charge in [0.15, 0.2) is 0 Å². The molecule has 0 spiro atoms. The van der Waals surface area contributed by atoms with Crippen LogP contribution in [0, 0.1) is 0 Å². The first kappa shape index (κ1) is 4.73. The van der Waals surface area contributed by atoms with Crippen LogP contribution in [-0.2, 0) is 6.54 Å². The zero-order valence-corrected chi connectivity index (χ0v) is 4.99. The molecular formula is C6H7N3. The Morgan fingerprint density at radius 2 is 2.56 bits per heavy atom. The van der Waals surface area contributed by atoms with Gasteiger partial charge in [-0.3, -0.25) is 0 Å². The Bertz CT molecular complexity index is 236. The number of aryl methyl sites for hydroxylation is 1. The van der Waals surface area contributed by atoms with Crippen LogP contribution in [0.4, 0.5) is 0 Å². The number of hydrogen-bond acceptors (Lipinski definition) is 2. The van der Waals surface area contributed by atoms with Crippen molar-refractivity contribution in [2.24, 2.45) is 0 Å². The van der Waals surface area contributed by atoms with Gasteiger partial charge in [0.25, 0.3) is 0 Å². The van der Waals surface area contributed by atoms with Gasteiger partial charge >= 0.3 is 0 Å². The third-order valence-corrected chi connectivity index (χ3v) is 1.44. The smallest absolute Gasteiger partial charge is 0.0810 e. The molecule has 1 aromatic heterocycles. The number of aromatic nitrogens is 3. The predicted octanol–water partition coefficient (Wildman–Crippen LogP) is 0.695. The standard InChI is InChI=1S/C6H7N3/c1-2-4-9-6(3-1)5-7-8-9/h1,3,5H,2,4H2. The average molecular weight is 121 g/mol. The van der Waals surface area contributed by atoms with Crippen molar-refractivity contribution in [1.29, 1.82) is 0 Å². The Balaban J connectivity index is 2.53. The molecule has 1 aliphatic heterocycles. The summed E-state index contributed by atoms with van der Waals surface area (Å²) < 4.78 is 1.90. The van der Waals surface area contributed by atoms with E-state index in [1.54, 1.807) is 6.20 Å². The second-order valence-corrected chi connectivity index (χ2v) is 2.07. The molecule has 0 fully saturated rings. The Morgan fingerprint density at radius 3 is 3.44 bits per heavy atom. The first-order valence-electron chi connectivity index (χ1n) is 3.02. The van der Waals surface area contributed by atoms with Gasteiger partial charge in [-0.2, -0.15) is 0 Å². The summed E-state index contributed by atoms with van der Waals surface area (Å²) in [4.78, 5) is 0. The third-order valence-electron chi connectivity index (χ3n) is 1.44. The molecule has 3 heteroatoms. The van der Waals surface area contributed by atoms with E-state index in [1.807, 2.05) is 10.8 Å². The molecule has 0 atom stereocenters. The van der Waals surface area contributed by atoms with Gasteiger partial charge in [-0.05, 0) is 12.5 Å². The van der Waals surface area contributed by atoms with E-state index in [2.05, 4.69) is 16.4 Å². The summed E-state index contributed by atoms with van der Waals surface area (Å²) in [7, 11) is 0. The molecule has 0 amide bonds. The zero-order chi connectivity index (χ0) is 6.10. The molecule has 0 aromatic carbocycles. The second-order valence-electron chi connectivity index (χ2n) is 2.07. The lowest BCUT2D eigenvalue weighted by Gasteiger charge is -2.03. The van der Waals surface area contributed by atoms with Crippen molar-refractivity contribution in [2.45, 2.75) is 13.0 Å². The molecule has 1 aliphatic rings. The number of hydrogen-bond donors (Lipinski definition) is 0. The summed E-state index contributed by atoms with van der Waals surface area (Å²) in [5.74, 6) is 0. The van der Waals surface area contributed by atoms with Gasteiger partial charge in [-0.25, -0.2) is 4.68 Å². The van der Waals surface area contributed by atoms with Crippen molar-refractivity contribution in [2.75, 3.05) is 0 Å². The summed E-state index contributed by atoms with van der Waals surface area (Å²) in [5, 5.41) is 7.64. The molecule has 2 rings (SSSR count). The van der Waals surface area contributed by atoms with Gasteiger partial charge in [0.1, 0.15) is 0 Å². The molecule has 46 valence electrons. The number of fused-ring (bicyclic) bond motifs is 1. The van der Waals surface area contributed by atoms with Gasteiger partial charge in [0.2, 0.25) is 0 Å². The van der Waals surface area contributed by atoms with Crippen LogP contribution in [0.1, 0.15) is 12.1 Å². The quantitative estimate of drug-likeness (QED) is 0.505. The predicted molar refractivity (Wildman–Crippen MR) is 33.7 cm³/mol. The first-order valence-corrected chi connectivity index (χ1v) is 3.02.